The fourth-order valence-corrected chi connectivity index (χ4v) is 22.3. The van der Waals surface area contributed by atoms with Crippen molar-refractivity contribution in [1.29, 1.82) is 0 Å². The topological polar surface area (TPSA) is 293 Å². The molecule has 126 heavy (non-hydrogen) atoms. The van der Waals surface area contributed by atoms with Gasteiger partial charge in [0.2, 0.25) is 0 Å². The number of unbranched alkanes of at least 4 members (excludes halogenated alkanes) is 48. The van der Waals surface area contributed by atoms with Crippen LogP contribution in [0.2, 0.25) is 0 Å². The summed E-state index contributed by atoms with van der Waals surface area (Å²) in [6.07, 6.45) is 70.8. The minimum absolute atomic E-state index is 0.605. The summed E-state index contributed by atoms with van der Waals surface area (Å²) in [5, 5.41) is 58.1. The van der Waals surface area contributed by atoms with Gasteiger partial charge in [-0.3, -0.25) is 0 Å². The first kappa shape index (κ1) is 94.0. The van der Waals surface area contributed by atoms with Gasteiger partial charge in [-0.05, 0) is 311 Å². The maximum absolute atomic E-state index is 8.83. The molecule has 18 heteroatoms. The molecule has 0 amide bonds. The summed E-state index contributed by atoms with van der Waals surface area (Å²) in [5.41, 5.74) is 61.9. The molecular weight excluding hydrogens is 1550 g/mol. The van der Waals surface area contributed by atoms with Crippen molar-refractivity contribution in [3.05, 3.63) is 169 Å². The van der Waals surface area contributed by atoms with E-state index < -0.39 is 0 Å². The van der Waals surface area contributed by atoms with Crippen molar-refractivity contribution in [2.45, 2.75) is 385 Å². The van der Waals surface area contributed by atoms with Gasteiger partial charge in [-0.2, -0.15) is 0 Å². The molecular formula is C108H144N18. The highest BCUT2D eigenvalue weighted by molar-refractivity contribution is 6.61. The van der Waals surface area contributed by atoms with Crippen LogP contribution in [0.15, 0.2) is 103 Å². The van der Waals surface area contributed by atoms with E-state index in [4.69, 9.17) is 33.2 Å². The second kappa shape index (κ2) is 52.0. The molecule has 13 rings (SSSR count). The molecule has 13 aromatic carbocycles. The first-order valence-corrected chi connectivity index (χ1v) is 50.8. The largest absolute Gasteiger partial charge is 0.0940 e. The third kappa shape index (κ3) is 25.0. The Labute approximate surface area is 748 Å². The molecule has 0 aromatic heterocycles. The third-order valence-corrected chi connectivity index (χ3v) is 28.7. The third-order valence-electron chi connectivity index (χ3n) is 28.7. The second-order valence-corrected chi connectivity index (χ2v) is 38.0. The Morgan fingerprint density at radius 3 is 0.325 bits per heavy atom. The molecule has 666 valence electrons. The van der Waals surface area contributed by atoms with Gasteiger partial charge in [-0.1, -0.05) is 373 Å². The van der Waals surface area contributed by atoms with Gasteiger partial charge in [0.25, 0.3) is 0 Å². The minimum Gasteiger partial charge on any atom is -0.0940 e. The lowest BCUT2D eigenvalue weighted by Crippen LogP contribution is -2.03. The number of hydrogen-bond acceptors (Lipinski definition) is 6. The summed E-state index contributed by atoms with van der Waals surface area (Å²) in [6.45, 7) is 3.63. The Hall–Kier alpha value is -9.60. The monoisotopic (exact) mass is 1690 g/mol. The molecule has 13 aromatic rings. The van der Waals surface area contributed by atoms with Gasteiger partial charge in [-0.25, -0.2) is 0 Å². The van der Waals surface area contributed by atoms with Crippen LogP contribution in [0.4, 0.5) is 0 Å². The van der Waals surface area contributed by atoms with Gasteiger partial charge in [0, 0.05) is 68.7 Å². The molecule has 0 fully saturated rings. The molecule has 0 saturated heterocycles. The van der Waals surface area contributed by atoms with Crippen LogP contribution >= 0.6 is 0 Å². The van der Waals surface area contributed by atoms with Gasteiger partial charge in [0.1, 0.15) is 0 Å². The van der Waals surface area contributed by atoms with Crippen LogP contribution in [0.25, 0.3) is 192 Å². The van der Waals surface area contributed by atoms with Crippen LogP contribution in [0.1, 0.15) is 380 Å². The van der Waals surface area contributed by atoms with Crippen LogP contribution in [0.5, 0.6) is 0 Å². The number of nitrogens with zero attached hydrogens (tertiary/aromatic N) is 18. The Balaban J connectivity index is 0.969. The standard InChI is InChI=1S/C108H144N18/c109-121-115-61-49-37-25-13-1-7-19-31-43-55-79-67-85-87-69-80(56-44-32-20-8-2-14-26-38-50-62-116-122-110)71-89-91-73-82(58-46-34-22-10-4-16-28-40-52-64-118-124-112)75-93-95-77-84(60-48-36-24-12-6-18-30-42-54-66-120-126-114)78-96-94-76-83(59-47-35-23-11-5-17-29-41-53-65-119-125-113)74-92-90-72-81(57-45-33-21-9-3-15-27-39-51-63-117-123-111)70-88-86(68-79)97(85)103-104(98(87)89)106(100(91)93)108(102(95)96)107(101(92)94)105(103)99(88)90/h67-78H,1-66H2. The number of rotatable bonds is 72. The van der Waals surface area contributed by atoms with E-state index in [0.29, 0.717) is 39.3 Å². The van der Waals surface area contributed by atoms with Crippen molar-refractivity contribution in [2.24, 2.45) is 30.7 Å². The average molecular weight is 1690 g/mol. The van der Waals surface area contributed by atoms with Crippen LogP contribution in [-0.4, -0.2) is 39.3 Å². The summed E-state index contributed by atoms with van der Waals surface area (Å²) in [4.78, 5) is 17.9. The van der Waals surface area contributed by atoms with E-state index in [1.165, 1.54) is 432 Å². The smallest absolute Gasteiger partial charge is 0.0257 e. The maximum Gasteiger partial charge on any atom is 0.0257 e. The van der Waals surface area contributed by atoms with Crippen LogP contribution in [0, 0.1) is 0 Å². The van der Waals surface area contributed by atoms with Crippen molar-refractivity contribution in [1.82, 2.24) is 0 Å². The summed E-state index contributed by atoms with van der Waals surface area (Å²) in [5.74, 6) is 0. The molecule has 0 spiro atoms. The SMILES string of the molecule is [N-]=[N+]=NCCCCCCCCCCCc1cc2c3cc(CCCCCCCCCCCN=[N+]=[N-])cc4c5cc(CCCCCCCCCCCN=[N+]=[N-])cc6c7cc(CCCCCCCCCCCN=[N+]=[N-])cc8c9cc(CCCCCCCCCCCN=[N+]=[N-])cc%10c%11cc(CCCCCCCCCCCN=[N+]=[N-])cc%12c(c1)c2c1c(c34)c(c56)c(c78)c(c%109)c1c%12%11. The summed E-state index contributed by atoms with van der Waals surface area (Å²) in [7, 11) is 0. The van der Waals surface area contributed by atoms with Gasteiger partial charge in [0.05, 0.1) is 0 Å². The normalized spacial score (nSPS) is 12.0. The maximum atomic E-state index is 8.83. The fourth-order valence-electron chi connectivity index (χ4n) is 22.3. The van der Waals surface area contributed by atoms with Crippen LogP contribution < -0.4 is 0 Å². The molecule has 0 heterocycles. The Kier molecular flexibility index (Phi) is 38.8. The lowest BCUT2D eigenvalue weighted by molar-refractivity contribution is 0.560. The lowest BCUT2D eigenvalue weighted by Gasteiger charge is -2.30. The number of fused-ring (bicyclic) bond motifs is 6. The first-order valence-electron chi connectivity index (χ1n) is 50.8. The molecule has 0 N–H and O–H groups in total. The zero-order valence-electron chi connectivity index (χ0n) is 76.6. The predicted molar refractivity (Wildman–Crippen MR) is 539 cm³/mol. The summed E-state index contributed by atoms with van der Waals surface area (Å²) < 4.78 is 0. The van der Waals surface area contributed by atoms with E-state index in [2.05, 4.69) is 133 Å². The minimum atomic E-state index is 0.605. The highest BCUT2D eigenvalue weighted by Crippen LogP contribution is 2.61. The summed E-state index contributed by atoms with van der Waals surface area (Å²) >= 11 is 0. The Morgan fingerprint density at radius 1 is 0.127 bits per heavy atom. The van der Waals surface area contributed by atoms with Crippen molar-refractivity contribution < 1.29 is 0 Å². The second-order valence-electron chi connectivity index (χ2n) is 38.0. The van der Waals surface area contributed by atoms with Crippen molar-refractivity contribution in [3.8, 4) is 0 Å². The molecule has 0 aliphatic heterocycles. The Morgan fingerprint density at radius 2 is 0.222 bits per heavy atom. The zero-order valence-corrected chi connectivity index (χ0v) is 76.6. The van der Waals surface area contributed by atoms with E-state index in [1.807, 2.05) is 0 Å². The molecule has 0 radical (unpaired) electrons. The molecule has 0 unspecified atom stereocenters. The summed E-state index contributed by atoms with van der Waals surface area (Å²) in [6, 6.07) is 32.8. The molecule has 0 saturated carbocycles. The van der Waals surface area contributed by atoms with Gasteiger partial charge in [-0.15, -0.1) is 0 Å². The number of benzene rings is 13. The first-order chi connectivity index (χ1) is 62.5. The quantitative estimate of drug-likeness (QED) is 0.00858. The highest BCUT2D eigenvalue weighted by atomic mass is 15.1. The van der Waals surface area contributed by atoms with Crippen LogP contribution in [0.3, 0.4) is 0 Å². The van der Waals surface area contributed by atoms with Gasteiger partial charge in [0.15, 0.2) is 0 Å². The van der Waals surface area contributed by atoms with Crippen molar-refractivity contribution in [3.63, 3.8) is 0 Å². The lowest BCUT2D eigenvalue weighted by atomic mass is 9.72. The van der Waals surface area contributed by atoms with Gasteiger partial charge < -0.3 is 0 Å². The van der Waals surface area contributed by atoms with E-state index in [0.717, 1.165) is 116 Å². The van der Waals surface area contributed by atoms with E-state index >= 15 is 0 Å². The highest BCUT2D eigenvalue weighted by Gasteiger charge is 2.33. The van der Waals surface area contributed by atoms with Gasteiger partial charge >= 0.3 is 0 Å². The number of hydrogen-bond donors (Lipinski definition) is 0. The van der Waals surface area contributed by atoms with Crippen LogP contribution in [-0.2, 0) is 38.5 Å². The molecule has 0 bridgehead atoms. The molecule has 0 aliphatic carbocycles. The van der Waals surface area contributed by atoms with Crippen molar-refractivity contribution >= 4 is 129 Å². The molecule has 0 aliphatic rings. The molecule has 0 atom stereocenters. The van der Waals surface area contributed by atoms with E-state index in [-0.39, 0.29) is 0 Å². The average Bonchev–Trinajstić information content (AvgIpc) is 0.641. The number of azide groups is 6. The fraction of sp³-hybridized carbons (Fsp3) is 0.611. The van der Waals surface area contributed by atoms with Crippen molar-refractivity contribution in [2.75, 3.05) is 39.3 Å². The predicted octanol–water partition coefficient (Wildman–Crippen LogP) is 38.3. The number of aryl methyl sites for hydroxylation is 6. The Bertz CT molecular complexity index is 4700. The molecule has 18 nitrogen and oxygen atoms in total. The van der Waals surface area contributed by atoms with E-state index in [9.17, 15) is 0 Å². The zero-order chi connectivity index (χ0) is 87.0. The van der Waals surface area contributed by atoms with E-state index in [1.54, 1.807) is 0 Å².